The molecular weight excluding hydrogens is 345 g/mol. The number of halogens is 1. The molecule has 142 valence electrons. The number of anilines is 1. The fourth-order valence-corrected chi connectivity index (χ4v) is 6.13. The molecule has 0 aliphatic heterocycles. The fourth-order valence-electron chi connectivity index (χ4n) is 6.13. The van der Waals surface area contributed by atoms with Gasteiger partial charge in [0, 0.05) is 5.69 Å². The number of rotatable bonds is 3. The monoisotopic (exact) mass is 369 g/mol. The van der Waals surface area contributed by atoms with Gasteiger partial charge in [-0.05, 0) is 87.1 Å². The van der Waals surface area contributed by atoms with Crippen molar-refractivity contribution in [2.24, 2.45) is 17.3 Å². The summed E-state index contributed by atoms with van der Waals surface area (Å²) < 4.78 is 13.9. The number of benzene rings is 1. The second-order valence-electron chi connectivity index (χ2n) is 9.01. The highest BCUT2D eigenvalue weighted by atomic mass is 19.1. The summed E-state index contributed by atoms with van der Waals surface area (Å²) in [7, 11) is 0. The molecule has 4 aliphatic rings. The molecule has 0 spiro atoms. The van der Waals surface area contributed by atoms with Gasteiger partial charge in [-0.3, -0.25) is 4.79 Å². The molecule has 4 fully saturated rings. The number of carbonyl (C=O) groups is 1. The highest BCUT2D eigenvalue weighted by Gasteiger charge is 2.62. The van der Waals surface area contributed by atoms with E-state index >= 15 is 0 Å². The summed E-state index contributed by atoms with van der Waals surface area (Å²) >= 11 is 0. The maximum atomic E-state index is 13.9. The van der Waals surface area contributed by atoms with Crippen LogP contribution in [0.2, 0.25) is 0 Å². The van der Waals surface area contributed by atoms with Crippen LogP contribution in [0.15, 0.2) is 18.2 Å². The second-order valence-corrected chi connectivity index (χ2v) is 9.01. The zero-order valence-electron chi connectivity index (χ0n) is 15.7. The van der Waals surface area contributed by atoms with Crippen molar-refractivity contribution in [2.75, 3.05) is 5.32 Å². The number of hydrogen-bond acceptors (Lipinski definition) is 4. The van der Waals surface area contributed by atoms with Gasteiger partial charge in [0.2, 0.25) is 5.91 Å². The van der Waals surface area contributed by atoms with Gasteiger partial charge in [-0.25, -0.2) is 4.39 Å². The third-order valence-corrected chi connectivity index (χ3v) is 6.88. The topological polar surface area (TPSA) is 72.7 Å². The lowest BCUT2D eigenvalue weighted by atomic mass is 9.46. The predicted molar refractivity (Wildman–Crippen MR) is 97.4 cm³/mol. The number of carbonyl (C=O) groups excluding carboxylic acids is 1. The summed E-state index contributed by atoms with van der Waals surface area (Å²) in [6, 6.07) is 4.88. The third kappa shape index (κ3) is 2.58. The molecule has 6 nitrogen and oxygen atoms in total. The van der Waals surface area contributed by atoms with E-state index in [1.54, 1.807) is 23.9 Å². The van der Waals surface area contributed by atoms with Crippen LogP contribution < -0.4 is 5.32 Å². The summed E-state index contributed by atoms with van der Waals surface area (Å²) in [5.41, 5.74) is 0.478. The SMILES string of the molecule is Cc1nnn(C23C[C@H]4C[C@@H](CC(C(=O)Nc5ccc(C)c(F)c5)(C4)C2)C3)n1. The minimum atomic E-state index is -0.424. The maximum absolute atomic E-state index is 13.9. The molecule has 0 radical (unpaired) electrons. The van der Waals surface area contributed by atoms with Crippen LogP contribution >= 0.6 is 0 Å². The Morgan fingerprint density at radius 1 is 1.22 bits per heavy atom. The summed E-state index contributed by atoms with van der Waals surface area (Å²) in [6.07, 6.45) is 5.77. The average molecular weight is 369 g/mol. The Kier molecular flexibility index (Phi) is 3.49. The summed E-state index contributed by atoms with van der Waals surface area (Å²) in [6.45, 7) is 3.56. The van der Waals surface area contributed by atoms with Crippen LogP contribution in [0.25, 0.3) is 0 Å². The number of nitrogens with zero attached hydrogens (tertiary/aromatic N) is 4. The molecule has 2 atom stereocenters. The molecule has 1 aromatic heterocycles. The molecule has 7 heteroatoms. The number of tetrazole rings is 1. The number of hydrogen-bond donors (Lipinski definition) is 1. The van der Waals surface area contributed by atoms with Crippen LogP contribution in [0.1, 0.15) is 49.9 Å². The Morgan fingerprint density at radius 2 is 1.96 bits per heavy atom. The van der Waals surface area contributed by atoms with Gasteiger partial charge in [0.25, 0.3) is 0 Å². The van der Waals surface area contributed by atoms with E-state index in [1.165, 1.54) is 12.5 Å². The van der Waals surface area contributed by atoms with Crippen molar-refractivity contribution in [3.63, 3.8) is 0 Å². The molecule has 1 aromatic carbocycles. The quantitative estimate of drug-likeness (QED) is 0.900. The first kappa shape index (κ1) is 16.8. The normalized spacial score (nSPS) is 34.0. The number of nitrogens with one attached hydrogen (secondary N) is 1. The van der Waals surface area contributed by atoms with Gasteiger partial charge in [0.1, 0.15) is 5.82 Å². The van der Waals surface area contributed by atoms with Crippen molar-refractivity contribution < 1.29 is 9.18 Å². The Morgan fingerprint density at radius 3 is 2.59 bits per heavy atom. The van der Waals surface area contributed by atoms with E-state index in [-0.39, 0.29) is 17.3 Å². The minimum Gasteiger partial charge on any atom is -0.326 e. The fraction of sp³-hybridized carbons (Fsp3) is 0.600. The molecule has 4 bridgehead atoms. The van der Waals surface area contributed by atoms with Gasteiger partial charge >= 0.3 is 0 Å². The lowest BCUT2D eigenvalue weighted by molar-refractivity contribution is -0.152. The molecule has 6 rings (SSSR count). The van der Waals surface area contributed by atoms with Gasteiger partial charge in [-0.15, -0.1) is 10.2 Å². The first-order valence-corrected chi connectivity index (χ1v) is 9.72. The highest BCUT2D eigenvalue weighted by molar-refractivity contribution is 5.95. The Hall–Kier alpha value is -2.31. The maximum Gasteiger partial charge on any atom is 0.230 e. The van der Waals surface area contributed by atoms with Crippen molar-refractivity contribution in [3.8, 4) is 0 Å². The van der Waals surface area contributed by atoms with Gasteiger partial charge in [0.15, 0.2) is 5.82 Å². The zero-order chi connectivity index (χ0) is 18.8. The van der Waals surface area contributed by atoms with Crippen LogP contribution in [0.3, 0.4) is 0 Å². The molecular formula is C20H24FN5O. The van der Waals surface area contributed by atoms with E-state index in [9.17, 15) is 9.18 Å². The second kappa shape index (κ2) is 5.59. The molecule has 4 aliphatic carbocycles. The van der Waals surface area contributed by atoms with E-state index in [4.69, 9.17) is 0 Å². The Labute approximate surface area is 157 Å². The van der Waals surface area contributed by atoms with Crippen LogP contribution in [-0.4, -0.2) is 26.1 Å². The van der Waals surface area contributed by atoms with E-state index < -0.39 is 5.41 Å². The minimum absolute atomic E-state index is 0.0149. The molecule has 0 unspecified atom stereocenters. The predicted octanol–water partition coefficient (Wildman–Crippen LogP) is 3.36. The van der Waals surface area contributed by atoms with Crippen molar-refractivity contribution in [1.82, 2.24) is 20.2 Å². The van der Waals surface area contributed by atoms with Crippen molar-refractivity contribution in [1.29, 1.82) is 0 Å². The molecule has 1 N–H and O–H groups in total. The first-order chi connectivity index (χ1) is 12.9. The van der Waals surface area contributed by atoms with Crippen LogP contribution in [-0.2, 0) is 10.3 Å². The lowest BCUT2D eigenvalue weighted by Crippen LogP contribution is -2.60. The Bertz CT molecular complexity index is 909. The summed E-state index contributed by atoms with van der Waals surface area (Å²) in [5, 5.41) is 15.9. The van der Waals surface area contributed by atoms with Gasteiger partial charge in [0.05, 0.1) is 11.0 Å². The molecule has 27 heavy (non-hydrogen) atoms. The Balaban J connectivity index is 1.46. The van der Waals surface area contributed by atoms with Crippen molar-refractivity contribution >= 4 is 11.6 Å². The highest BCUT2D eigenvalue weighted by Crippen LogP contribution is 2.64. The first-order valence-electron chi connectivity index (χ1n) is 9.72. The van der Waals surface area contributed by atoms with E-state index in [1.807, 2.05) is 6.92 Å². The molecule has 0 saturated heterocycles. The number of amides is 1. The average Bonchev–Trinajstić information content (AvgIpc) is 3.04. The van der Waals surface area contributed by atoms with Crippen LogP contribution in [0, 0.1) is 36.9 Å². The molecule has 2 aromatic rings. The van der Waals surface area contributed by atoms with Gasteiger partial charge in [-0.2, -0.15) is 4.80 Å². The van der Waals surface area contributed by atoms with Crippen molar-refractivity contribution in [2.45, 2.75) is 57.9 Å². The summed E-state index contributed by atoms with van der Waals surface area (Å²) in [4.78, 5) is 15.1. The smallest absolute Gasteiger partial charge is 0.230 e. The molecule has 1 amide bonds. The van der Waals surface area contributed by atoms with Crippen molar-refractivity contribution in [3.05, 3.63) is 35.4 Å². The van der Waals surface area contributed by atoms with Crippen LogP contribution in [0.4, 0.5) is 10.1 Å². The van der Waals surface area contributed by atoms with Gasteiger partial charge < -0.3 is 5.32 Å². The summed E-state index contributed by atoms with van der Waals surface area (Å²) in [5.74, 6) is 1.41. The largest absolute Gasteiger partial charge is 0.326 e. The standard InChI is InChI=1S/C20H24FN5O/c1-12-3-4-16(6-17(12)21)22-18(27)19-7-14-5-15(8-19)10-20(9-14,11-19)26-24-13(2)23-25-26/h3-4,6,14-15H,5,7-11H2,1-2H3,(H,22,27)/t14-,15-,19?,20?/m0/s1. The lowest BCUT2D eigenvalue weighted by Gasteiger charge is -2.60. The van der Waals surface area contributed by atoms with Crippen LogP contribution in [0.5, 0.6) is 0 Å². The van der Waals surface area contributed by atoms with E-state index in [0.29, 0.717) is 28.9 Å². The van der Waals surface area contributed by atoms with E-state index in [2.05, 4.69) is 20.7 Å². The zero-order valence-corrected chi connectivity index (χ0v) is 15.7. The molecule has 1 heterocycles. The third-order valence-electron chi connectivity index (χ3n) is 6.88. The van der Waals surface area contributed by atoms with Gasteiger partial charge in [-0.1, -0.05) is 6.07 Å². The number of aromatic nitrogens is 4. The molecule has 4 saturated carbocycles. The number of aryl methyl sites for hydroxylation is 2. The van der Waals surface area contributed by atoms with E-state index in [0.717, 1.165) is 32.1 Å².